The van der Waals surface area contributed by atoms with Crippen molar-refractivity contribution in [2.24, 2.45) is 0 Å². The lowest BCUT2D eigenvalue weighted by molar-refractivity contribution is 0.278. The molecule has 0 atom stereocenters. The van der Waals surface area contributed by atoms with Gasteiger partial charge in [-0.25, -0.2) is 0 Å². The summed E-state index contributed by atoms with van der Waals surface area (Å²) in [6, 6.07) is 0. The van der Waals surface area contributed by atoms with Gasteiger partial charge >= 0.3 is 0 Å². The first-order valence-electron chi connectivity index (χ1n) is 1.90. The minimum absolute atomic E-state index is 0.208. The van der Waals surface area contributed by atoms with E-state index in [0.29, 0.717) is 0 Å². The summed E-state index contributed by atoms with van der Waals surface area (Å²) in [5, 5.41) is 1.93. The SMILES string of the molecule is O=C(Br)Br.c1cscn1. The topological polar surface area (TPSA) is 30.0 Å². The molecule has 0 aliphatic rings. The number of hydrogen-bond acceptors (Lipinski definition) is 3. The molecule has 0 amide bonds. The fraction of sp³-hybridized carbons (Fsp3) is 0. The summed E-state index contributed by atoms with van der Waals surface area (Å²) >= 11 is 6.70. The van der Waals surface area contributed by atoms with Crippen LogP contribution in [0.4, 0.5) is 4.79 Å². The molecule has 0 radical (unpaired) electrons. The van der Waals surface area contributed by atoms with Crippen LogP contribution < -0.4 is 0 Å². The number of halogens is 2. The minimum Gasteiger partial charge on any atom is -0.273 e. The van der Waals surface area contributed by atoms with Crippen molar-refractivity contribution >= 4 is 46.8 Å². The standard InChI is InChI=1S/C3H3NS.CBr2O/c1-2-5-3-4-1;2-1(3)4/h1-3H;. The van der Waals surface area contributed by atoms with E-state index in [0.717, 1.165) is 0 Å². The molecule has 0 N–H and O–H groups in total. The van der Waals surface area contributed by atoms with E-state index in [4.69, 9.17) is 0 Å². The van der Waals surface area contributed by atoms with Gasteiger partial charge in [-0.1, -0.05) is 0 Å². The maximum absolute atomic E-state index is 9.28. The molecule has 1 aromatic rings. The highest BCUT2D eigenvalue weighted by molar-refractivity contribution is 9.39. The quantitative estimate of drug-likeness (QED) is 0.680. The highest BCUT2D eigenvalue weighted by atomic mass is 79.9. The molecule has 1 heterocycles. The van der Waals surface area contributed by atoms with E-state index in [-0.39, 0.29) is 3.60 Å². The number of rotatable bonds is 0. The van der Waals surface area contributed by atoms with E-state index in [1.54, 1.807) is 23.0 Å². The molecule has 0 aliphatic carbocycles. The van der Waals surface area contributed by atoms with Gasteiger partial charge in [-0.15, -0.1) is 11.3 Å². The van der Waals surface area contributed by atoms with Crippen LogP contribution in [-0.2, 0) is 0 Å². The lowest BCUT2D eigenvalue weighted by atomic mass is 11.0. The normalized spacial score (nSPS) is 7.33. The zero-order valence-electron chi connectivity index (χ0n) is 4.25. The predicted octanol–water partition coefficient (Wildman–Crippen LogP) is 3.04. The summed E-state index contributed by atoms with van der Waals surface area (Å²) in [6.07, 6.45) is 1.77. The molecule has 2 nitrogen and oxygen atoms in total. The second-order valence-electron chi connectivity index (χ2n) is 0.901. The number of hydrogen-bond donors (Lipinski definition) is 0. The first-order chi connectivity index (χ1) is 4.23. The van der Waals surface area contributed by atoms with Crippen molar-refractivity contribution < 1.29 is 4.79 Å². The van der Waals surface area contributed by atoms with Gasteiger partial charge in [0.1, 0.15) is 0 Å². The molecule has 0 bridgehead atoms. The Morgan fingerprint density at radius 1 is 1.56 bits per heavy atom. The molecule has 0 saturated carbocycles. The average molecular weight is 273 g/mol. The van der Waals surface area contributed by atoms with Crippen LogP contribution in [0, 0.1) is 0 Å². The van der Waals surface area contributed by atoms with Crippen molar-refractivity contribution in [2.45, 2.75) is 0 Å². The smallest absolute Gasteiger partial charge is 0.262 e. The predicted molar refractivity (Wildman–Crippen MR) is 45.4 cm³/mol. The lowest BCUT2D eigenvalue weighted by Gasteiger charge is -1.49. The number of nitrogens with zero attached hydrogens (tertiary/aromatic N) is 1. The number of aromatic nitrogens is 1. The van der Waals surface area contributed by atoms with Gasteiger partial charge in [0.2, 0.25) is 0 Å². The van der Waals surface area contributed by atoms with Gasteiger partial charge in [0.05, 0.1) is 5.51 Å². The van der Waals surface area contributed by atoms with Crippen LogP contribution in [0.3, 0.4) is 0 Å². The van der Waals surface area contributed by atoms with Crippen LogP contribution in [0.2, 0.25) is 0 Å². The Hall–Kier alpha value is 0.260. The van der Waals surface area contributed by atoms with Gasteiger partial charge in [0, 0.05) is 43.4 Å². The van der Waals surface area contributed by atoms with Crippen LogP contribution in [-0.4, -0.2) is 8.59 Å². The van der Waals surface area contributed by atoms with Crippen molar-refractivity contribution in [1.82, 2.24) is 4.98 Å². The summed E-state index contributed by atoms with van der Waals surface area (Å²) in [5.74, 6) is 0. The number of thiazole rings is 1. The lowest BCUT2D eigenvalue weighted by Crippen LogP contribution is -1.42. The minimum atomic E-state index is -0.208. The summed E-state index contributed by atoms with van der Waals surface area (Å²) in [7, 11) is 0. The van der Waals surface area contributed by atoms with E-state index in [2.05, 4.69) is 36.8 Å². The van der Waals surface area contributed by atoms with E-state index in [1.807, 2.05) is 5.38 Å². The van der Waals surface area contributed by atoms with Crippen molar-refractivity contribution in [2.75, 3.05) is 0 Å². The van der Waals surface area contributed by atoms with Crippen molar-refractivity contribution in [3.63, 3.8) is 0 Å². The second kappa shape index (κ2) is 6.38. The van der Waals surface area contributed by atoms with Crippen LogP contribution in [0.15, 0.2) is 17.1 Å². The molecule has 50 valence electrons. The zero-order valence-corrected chi connectivity index (χ0v) is 8.24. The maximum atomic E-state index is 9.28. The largest absolute Gasteiger partial charge is 0.273 e. The van der Waals surface area contributed by atoms with Crippen molar-refractivity contribution in [1.29, 1.82) is 0 Å². The maximum Gasteiger partial charge on any atom is 0.262 e. The molecule has 1 aromatic heterocycles. The van der Waals surface area contributed by atoms with Crippen molar-refractivity contribution in [3.05, 3.63) is 17.1 Å². The molecule has 5 heteroatoms. The van der Waals surface area contributed by atoms with Crippen LogP contribution in [0.1, 0.15) is 0 Å². The summed E-state index contributed by atoms with van der Waals surface area (Å²) in [4.78, 5) is 13.0. The van der Waals surface area contributed by atoms with Gasteiger partial charge in [0.25, 0.3) is 3.60 Å². The Morgan fingerprint density at radius 3 is 2.22 bits per heavy atom. The van der Waals surface area contributed by atoms with Gasteiger partial charge in [0.15, 0.2) is 0 Å². The Labute approximate surface area is 73.6 Å². The molecule has 0 aromatic carbocycles. The first-order valence-corrected chi connectivity index (χ1v) is 4.43. The fourth-order valence-electron chi connectivity index (χ4n) is 0.176. The van der Waals surface area contributed by atoms with E-state index >= 15 is 0 Å². The van der Waals surface area contributed by atoms with Gasteiger partial charge in [-0.2, -0.15) is 0 Å². The second-order valence-corrected chi connectivity index (χ2v) is 4.16. The number of carbonyl (C=O) groups excluding carboxylic acids is 1. The van der Waals surface area contributed by atoms with Gasteiger partial charge in [-0.05, 0) is 0 Å². The Balaban J connectivity index is 0.000000148. The summed E-state index contributed by atoms with van der Waals surface area (Å²) in [6.45, 7) is 0. The molecule has 1 rings (SSSR count). The molecule has 0 spiro atoms. The van der Waals surface area contributed by atoms with Crippen molar-refractivity contribution in [3.8, 4) is 0 Å². The monoisotopic (exact) mass is 271 g/mol. The van der Waals surface area contributed by atoms with Gasteiger partial charge < -0.3 is 0 Å². The highest BCUT2D eigenvalue weighted by Crippen LogP contribution is 1.93. The van der Waals surface area contributed by atoms with Crippen LogP contribution >= 0.6 is 43.2 Å². The summed E-state index contributed by atoms with van der Waals surface area (Å²) in [5.41, 5.74) is 1.79. The third kappa shape index (κ3) is 11.7. The Kier molecular flexibility index (Phi) is 6.57. The van der Waals surface area contributed by atoms with E-state index < -0.39 is 0 Å². The molecule has 0 aliphatic heterocycles. The van der Waals surface area contributed by atoms with E-state index in [9.17, 15) is 4.79 Å². The molecule has 0 fully saturated rings. The van der Waals surface area contributed by atoms with Gasteiger partial charge in [-0.3, -0.25) is 9.78 Å². The third-order valence-corrected chi connectivity index (χ3v) is 0.869. The molecular formula is C4H3Br2NOS. The molecule has 0 saturated heterocycles. The fourth-order valence-corrected chi connectivity index (χ4v) is 0.527. The van der Waals surface area contributed by atoms with Crippen LogP contribution in [0.5, 0.6) is 0 Å². The Morgan fingerprint density at radius 2 is 2.11 bits per heavy atom. The number of carbonyl (C=O) groups is 1. The highest BCUT2D eigenvalue weighted by Gasteiger charge is 1.70. The molecule has 0 unspecified atom stereocenters. The molecular weight excluding hydrogens is 270 g/mol. The average Bonchev–Trinajstić information content (AvgIpc) is 2.11. The third-order valence-electron chi connectivity index (χ3n) is 0.347. The van der Waals surface area contributed by atoms with E-state index in [1.165, 1.54) is 0 Å². The first kappa shape index (κ1) is 9.26. The van der Waals surface area contributed by atoms with Crippen LogP contribution in [0.25, 0.3) is 0 Å². The summed E-state index contributed by atoms with van der Waals surface area (Å²) < 4.78 is -0.208. The zero-order chi connectivity index (χ0) is 7.11. The molecule has 9 heavy (non-hydrogen) atoms. The Bertz CT molecular complexity index is 132.